The first-order valence-electron chi connectivity index (χ1n) is 8.28. The van der Waals surface area contributed by atoms with Crippen LogP contribution < -0.4 is 10.1 Å². The summed E-state index contributed by atoms with van der Waals surface area (Å²) in [7, 11) is 0. The minimum atomic E-state index is -0.883. The van der Waals surface area contributed by atoms with Crippen molar-refractivity contribution >= 4 is 28.9 Å². The number of thiophene rings is 1. The summed E-state index contributed by atoms with van der Waals surface area (Å²) in [6, 6.07) is 8.84. The molecule has 134 valence electrons. The van der Waals surface area contributed by atoms with Crippen LogP contribution in [0.4, 0.5) is 5.69 Å². The van der Waals surface area contributed by atoms with Crippen molar-refractivity contribution in [2.24, 2.45) is 0 Å². The molecule has 1 aromatic carbocycles. The molecule has 1 aromatic heterocycles. The van der Waals surface area contributed by atoms with Gasteiger partial charge in [-0.3, -0.25) is 4.79 Å². The first-order valence-corrected chi connectivity index (χ1v) is 9.10. The molecule has 0 unspecified atom stereocenters. The predicted octanol–water partition coefficient (Wildman–Crippen LogP) is 4.20. The number of carbonyl (C=O) groups is 2. The second-order valence-corrected chi connectivity index (χ2v) is 6.70. The first-order chi connectivity index (χ1) is 11.9. The molecule has 5 nitrogen and oxygen atoms in total. The highest BCUT2D eigenvalue weighted by molar-refractivity contribution is 7.14. The third-order valence-corrected chi connectivity index (χ3v) is 4.99. The Balaban J connectivity index is 1.93. The maximum absolute atomic E-state index is 12.2. The Bertz CT molecular complexity index is 736. The number of benzene rings is 1. The fourth-order valence-electron chi connectivity index (χ4n) is 2.29. The Morgan fingerprint density at radius 3 is 2.44 bits per heavy atom. The van der Waals surface area contributed by atoms with Crippen molar-refractivity contribution in [1.82, 2.24) is 0 Å². The molecule has 0 saturated heterocycles. The van der Waals surface area contributed by atoms with Crippen LogP contribution in [0.25, 0.3) is 0 Å². The van der Waals surface area contributed by atoms with Gasteiger partial charge in [-0.25, -0.2) is 4.79 Å². The lowest BCUT2D eigenvalue weighted by Gasteiger charge is -2.13. The SMILES string of the molecule is CCOc1ccc(NC(=O)[C@H](C)OC(=O)c2cc(C)c(CC)s2)cc1. The molecule has 2 aromatic rings. The Morgan fingerprint density at radius 1 is 1.20 bits per heavy atom. The molecule has 25 heavy (non-hydrogen) atoms. The van der Waals surface area contributed by atoms with E-state index in [4.69, 9.17) is 9.47 Å². The average molecular weight is 361 g/mol. The first kappa shape index (κ1) is 19.0. The molecule has 0 aliphatic rings. The van der Waals surface area contributed by atoms with Crippen LogP contribution in [0.15, 0.2) is 30.3 Å². The van der Waals surface area contributed by atoms with Crippen LogP contribution in [-0.4, -0.2) is 24.6 Å². The largest absolute Gasteiger partial charge is 0.494 e. The minimum Gasteiger partial charge on any atom is -0.494 e. The Labute approximate surface area is 152 Å². The van der Waals surface area contributed by atoms with Gasteiger partial charge < -0.3 is 14.8 Å². The second-order valence-electron chi connectivity index (χ2n) is 5.56. The molecule has 0 aliphatic carbocycles. The Morgan fingerprint density at radius 2 is 1.88 bits per heavy atom. The number of hydrogen-bond donors (Lipinski definition) is 1. The van der Waals surface area contributed by atoms with E-state index >= 15 is 0 Å². The summed E-state index contributed by atoms with van der Waals surface area (Å²) in [5.74, 6) is -0.108. The molecular formula is C19H23NO4S. The van der Waals surface area contributed by atoms with Crippen molar-refractivity contribution in [3.05, 3.63) is 45.6 Å². The normalized spacial score (nSPS) is 11.7. The summed E-state index contributed by atoms with van der Waals surface area (Å²) in [5, 5.41) is 2.73. The lowest BCUT2D eigenvalue weighted by molar-refractivity contribution is -0.123. The highest BCUT2D eigenvalue weighted by Gasteiger charge is 2.21. The van der Waals surface area contributed by atoms with Crippen LogP contribution >= 0.6 is 11.3 Å². The van der Waals surface area contributed by atoms with Gasteiger partial charge in [-0.15, -0.1) is 11.3 Å². The number of aryl methyl sites for hydroxylation is 2. The van der Waals surface area contributed by atoms with Gasteiger partial charge in [-0.2, -0.15) is 0 Å². The van der Waals surface area contributed by atoms with Crippen molar-refractivity contribution in [1.29, 1.82) is 0 Å². The lowest BCUT2D eigenvalue weighted by Crippen LogP contribution is -2.29. The molecule has 1 N–H and O–H groups in total. The van der Waals surface area contributed by atoms with Crippen LogP contribution in [0.3, 0.4) is 0 Å². The second kappa shape index (κ2) is 8.67. The molecule has 0 fully saturated rings. The zero-order valence-electron chi connectivity index (χ0n) is 14.9. The molecule has 1 atom stereocenters. The molecule has 2 rings (SSSR count). The molecule has 0 spiro atoms. The summed E-state index contributed by atoms with van der Waals surface area (Å²) >= 11 is 1.41. The van der Waals surface area contributed by atoms with Crippen LogP contribution in [0.1, 0.15) is 40.9 Å². The van der Waals surface area contributed by atoms with Gasteiger partial charge >= 0.3 is 5.97 Å². The molecule has 0 radical (unpaired) electrons. The van der Waals surface area contributed by atoms with E-state index < -0.39 is 12.1 Å². The van der Waals surface area contributed by atoms with Crippen molar-refractivity contribution in [3.63, 3.8) is 0 Å². The third-order valence-electron chi connectivity index (χ3n) is 3.63. The summed E-state index contributed by atoms with van der Waals surface area (Å²) in [6.45, 7) is 8.06. The van der Waals surface area contributed by atoms with Gasteiger partial charge in [0.15, 0.2) is 6.10 Å². The summed E-state index contributed by atoms with van der Waals surface area (Å²) in [4.78, 5) is 26.1. The van der Waals surface area contributed by atoms with Gasteiger partial charge in [0.25, 0.3) is 5.91 Å². The summed E-state index contributed by atoms with van der Waals surface area (Å²) < 4.78 is 10.6. The molecule has 0 bridgehead atoms. The van der Waals surface area contributed by atoms with Gasteiger partial charge in [0.1, 0.15) is 10.6 Å². The quantitative estimate of drug-likeness (QED) is 0.751. The van der Waals surface area contributed by atoms with E-state index in [-0.39, 0.29) is 5.91 Å². The number of amides is 1. The zero-order valence-corrected chi connectivity index (χ0v) is 15.7. The number of hydrogen-bond acceptors (Lipinski definition) is 5. The van der Waals surface area contributed by atoms with Gasteiger partial charge in [-0.1, -0.05) is 6.92 Å². The van der Waals surface area contributed by atoms with E-state index in [0.717, 1.165) is 22.6 Å². The molecular weight excluding hydrogens is 338 g/mol. The monoisotopic (exact) mass is 361 g/mol. The highest BCUT2D eigenvalue weighted by atomic mass is 32.1. The van der Waals surface area contributed by atoms with Crippen LogP contribution in [-0.2, 0) is 16.0 Å². The molecule has 1 amide bonds. The van der Waals surface area contributed by atoms with Gasteiger partial charge in [-0.05, 0) is 63.1 Å². The Hall–Kier alpha value is -2.34. The van der Waals surface area contributed by atoms with Crippen molar-refractivity contribution in [2.75, 3.05) is 11.9 Å². The number of esters is 1. The molecule has 6 heteroatoms. The van der Waals surface area contributed by atoms with Gasteiger partial charge in [0.2, 0.25) is 0 Å². The van der Waals surface area contributed by atoms with Crippen LogP contribution in [0, 0.1) is 6.92 Å². The van der Waals surface area contributed by atoms with E-state index in [1.165, 1.54) is 11.3 Å². The van der Waals surface area contributed by atoms with E-state index in [1.807, 2.05) is 26.8 Å². The van der Waals surface area contributed by atoms with Gasteiger partial charge in [0, 0.05) is 10.6 Å². The fraction of sp³-hybridized carbons (Fsp3) is 0.368. The highest BCUT2D eigenvalue weighted by Crippen LogP contribution is 2.23. The third kappa shape index (κ3) is 5.06. The topological polar surface area (TPSA) is 64.6 Å². The van der Waals surface area contributed by atoms with E-state index in [9.17, 15) is 9.59 Å². The van der Waals surface area contributed by atoms with Crippen molar-refractivity contribution in [3.8, 4) is 5.75 Å². The number of ether oxygens (including phenoxy) is 2. The lowest BCUT2D eigenvalue weighted by atomic mass is 10.2. The van der Waals surface area contributed by atoms with Crippen molar-refractivity contribution < 1.29 is 19.1 Å². The number of anilines is 1. The van der Waals surface area contributed by atoms with E-state index in [0.29, 0.717) is 17.2 Å². The van der Waals surface area contributed by atoms with E-state index in [2.05, 4.69) is 5.32 Å². The van der Waals surface area contributed by atoms with Crippen LogP contribution in [0.2, 0.25) is 0 Å². The number of rotatable bonds is 7. The number of carbonyl (C=O) groups excluding carboxylic acids is 2. The van der Waals surface area contributed by atoms with E-state index in [1.54, 1.807) is 31.2 Å². The maximum Gasteiger partial charge on any atom is 0.349 e. The van der Waals surface area contributed by atoms with Crippen LogP contribution in [0.5, 0.6) is 5.75 Å². The molecule has 0 aliphatic heterocycles. The Kier molecular flexibility index (Phi) is 6.58. The standard InChI is InChI=1S/C19H23NO4S/c1-5-16-12(3)11-17(25-16)19(22)24-13(4)18(21)20-14-7-9-15(10-8-14)23-6-2/h7-11,13H,5-6H2,1-4H3,(H,20,21)/t13-/m0/s1. The van der Waals surface area contributed by atoms with Gasteiger partial charge in [0.05, 0.1) is 6.61 Å². The molecule has 1 heterocycles. The smallest absolute Gasteiger partial charge is 0.349 e. The average Bonchev–Trinajstić information content (AvgIpc) is 2.98. The summed E-state index contributed by atoms with van der Waals surface area (Å²) in [5.41, 5.74) is 1.70. The fourth-order valence-corrected chi connectivity index (χ4v) is 3.29. The molecule has 0 saturated carbocycles. The minimum absolute atomic E-state index is 0.374. The zero-order chi connectivity index (χ0) is 18.4. The predicted molar refractivity (Wildman–Crippen MR) is 99.6 cm³/mol. The maximum atomic E-state index is 12.2. The summed E-state index contributed by atoms with van der Waals surface area (Å²) in [6.07, 6.45) is -0.0102. The number of nitrogens with one attached hydrogen (secondary N) is 1. The van der Waals surface area contributed by atoms with Crippen molar-refractivity contribution in [2.45, 2.75) is 40.2 Å².